The van der Waals surface area contributed by atoms with Crippen LogP contribution in [0.15, 0.2) is 179 Å². The number of hydrogen-bond donors (Lipinski definition) is 6. The zero-order valence-electron chi connectivity index (χ0n) is 41.7. The van der Waals surface area contributed by atoms with E-state index in [-0.39, 0.29) is 92.9 Å². The van der Waals surface area contributed by atoms with Gasteiger partial charge in [0.2, 0.25) is 11.8 Å². The molecule has 0 saturated carbocycles. The van der Waals surface area contributed by atoms with Gasteiger partial charge in [-0.2, -0.15) is 0 Å². The van der Waals surface area contributed by atoms with Crippen LogP contribution < -0.4 is 11.1 Å². The van der Waals surface area contributed by atoms with Gasteiger partial charge in [0, 0.05) is 33.4 Å². The van der Waals surface area contributed by atoms with E-state index in [1.54, 1.807) is 54.6 Å². The molecule has 10 rings (SSSR count). The van der Waals surface area contributed by atoms with Crippen LogP contribution in [0.25, 0.3) is 45.1 Å². The first kappa shape index (κ1) is 60.1. The van der Waals surface area contributed by atoms with Crippen molar-refractivity contribution in [3.8, 4) is 34.4 Å². The number of aromatic carboxylic acids is 2. The maximum absolute atomic E-state index is 12.9. The Bertz CT molecular complexity index is 3710. The van der Waals surface area contributed by atoms with Gasteiger partial charge in [0.25, 0.3) is 5.91 Å². The number of fused-ring (bicyclic) bond motifs is 2. The van der Waals surface area contributed by atoms with Crippen LogP contribution >= 0.6 is 0 Å². The number of ketones is 3. The predicted octanol–water partition coefficient (Wildman–Crippen LogP) is 13.5. The minimum atomic E-state index is -1.07. The van der Waals surface area contributed by atoms with Crippen molar-refractivity contribution in [2.45, 2.75) is 28.2 Å². The molecule has 8 aromatic carbocycles. The molecular weight excluding hydrogens is 1040 g/mol. The average molecular weight is 1090 g/mol. The minimum Gasteiger partial charge on any atom is -0.506 e. The Morgan fingerprint density at radius 2 is 0.812 bits per heavy atom. The van der Waals surface area contributed by atoms with Crippen molar-refractivity contribution in [2.24, 2.45) is 0 Å². The van der Waals surface area contributed by atoms with Crippen molar-refractivity contribution in [3.05, 3.63) is 227 Å². The lowest BCUT2D eigenvalue weighted by atomic mass is 10.1. The molecule has 1 amide bonds. The second-order valence-corrected chi connectivity index (χ2v) is 16.5. The number of nitrogen functional groups attached to an aromatic ring is 1. The SMILES string of the molecule is C.CC(=O)c1cccc(O)c1N.CC(=O)c1cccc(O)c1NC(=O)c1ccc(F)cc1.CC(=O)c1cccc2oc(-c3ccc(F)cc3)nc12.O=C(O)c1ccc(F)cc1.O=C(O)c1cccc2oc(-c3ccc(F)cc3)nc12. The number of nitrogens with one attached hydrogen (secondary N) is 1. The fourth-order valence-corrected chi connectivity index (χ4v) is 6.99. The number of benzene rings is 8. The molecule has 0 fully saturated rings. The summed E-state index contributed by atoms with van der Waals surface area (Å²) in [7, 11) is 0. The molecule has 7 N–H and O–H groups in total. The van der Waals surface area contributed by atoms with Gasteiger partial charge in [0.05, 0.1) is 22.5 Å². The summed E-state index contributed by atoms with van der Waals surface area (Å²) < 4.78 is 61.8. The van der Waals surface area contributed by atoms with Crippen LogP contribution in [-0.4, -0.2) is 65.6 Å². The first-order valence-corrected chi connectivity index (χ1v) is 23.1. The molecule has 0 radical (unpaired) electrons. The van der Waals surface area contributed by atoms with E-state index in [1.165, 1.54) is 112 Å². The van der Waals surface area contributed by atoms with Crippen molar-refractivity contribution in [1.29, 1.82) is 0 Å². The molecular formula is C60H48F4N4O12. The van der Waals surface area contributed by atoms with E-state index < -0.39 is 29.5 Å². The Morgan fingerprint density at radius 1 is 0.450 bits per heavy atom. The Hall–Kier alpha value is -10.8. The monoisotopic (exact) mass is 1090 g/mol. The van der Waals surface area contributed by atoms with Gasteiger partial charge in [-0.15, -0.1) is 0 Å². The summed E-state index contributed by atoms with van der Waals surface area (Å²) in [5, 5.41) is 38.7. The molecule has 16 nitrogen and oxygen atoms in total. The highest BCUT2D eigenvalue weighted by molar-refractivity contribution is 6.10. The molecule has 0 aliphatic carbocycles. The lowest BCUT2D eigenvalue weighted by Crippen LogP contribution is -2.14. The third-order valence-electron chi connectivity index (χ3n) is 11.0. The van der Waals surface area contributed by atoms with Crippen molar-refractivity contribution in [1.82, 2.24) is 9.97 Å². The number of para-hydroxylation sites is 4. The Balaban J connectivity index is 0.000000188. The zero-order valence-corrected chi connectivity index (χ0v) is 41.7. The van der Waals surface area contributed by atoms with E-state index in [9.17, 15) is 51.4 Å². The van der Waals surface area contributed by atoms with E-state index in [0.29, 0.717) is 44.8 Å². The van der Waals surface area contributed by atoms with Crippen molar-refractivity contribution in [3.63, 3.8) is 0 Å². The van der Waals surface area contributed by atoms with Crippen LogP contribution in [0.3, 0.4) is 0 Å². The van der Waals surface area contributed by atoms with Crippen LogP contribution in [0.5, 0.6) is 11.5 Å². The largest absolute Gasteiger partial charge is 0.506 e. The Labute approximate surface area is 453 Å². The number of halogens is 4. The molecule has 0 atom stereocenters. The number of rotatable bonds is 9. The van der Waals surface area contributed by atoms with Crippen LogP contribution in [0, 0.1) is 23.3 Å². The van der Waals surface area contributed by atoms with Crippen LogP contribution in [0.2, 0.25) is 0 Å². The fraction of sp³-hybridized carbons (Fsp3) is 0.0667. The second kappa shape index (κ2) is 27.3. The maximum Gasteiger partial charge on any atom is 0.338 e. The van der Waals surface area contributed by atoms with E-state index >= 15 is 0 Å². The number of hydrogen-bond acceptors (Lipinski definition) is 13. The number of carboxylic acids is 2. The zero-order chi connectivity index (χ0) is 57.5. The number of nitrogens with two attached hydrogens (primary N) is 1. The molecule has 20 heteroatoms. The summed E-state index contributed by atoms with van der Waals surface area (Å²) >= 11 is 0. The number of aromatic hydroxyl groups is 2. The van der Waals surface area contributed by atoms with Crippen LogP contribution in [0.4, 0.5) is 28.9 Å². The Kier molecular flexibility index (Phi) is 20.5. The third kappa shape index (κ3) is 15.7. The summed E-state index contributed by atoms with van der Waals surface area (Å²) in [6, 6.07) is 40.0. The average Bonchev–Trinajstić information content (AvgIpc) is 4.10. The summed E-state index contributed by atoms with van der Waals surface area (Å²) in [5.41, 5.74) is 10.1. The first-order valence-electron chi connectivity index (χ1n) is 23.1. The van der Waals surface area contributed by atoms with Gasteiger partial charge in [-0.05, 0) is 166 Å². The summed E-state index contributed by atoms with van der Waals surface area (Å²) in [4.78, 5) is 75.6. The number of anilines is 2. The van der Waals surface area contributed by atoms with Crippen molar-refractivity contribution < 1.29 is 75.6 Å². The smallest absolute Gasteiger partial charge is 0.338 e. The second-order valence-electron chi connectivity index (χ2n) is 16.5. The minimum absolute atomic E-state index is 0. The lowest BCUT2D eigenvalue weighted by molar-refractivity contribution is 0.0687. The molecule has 0 spiro atoms. The van der Waals surface area contributed by atoms with Gasteiger partial charge < -0.3 is 40.3 Å². The number of nitrogens with zero attached hydrogens (tertiary/aromatic N) is 2. The molecule has 10 aromatic rings. The molecule has 2 aromatic heterocycles. The van der Waals surface area contributed by atoms with Gasteiger partial charge in [-0.1, -0.05) is 31.7 Å². The topological polar surface area (TPSA) is 273 Å². The molecule has 80 heavy (non-hydrogen) atoms. The van der Waals surface area contributed by atoms with E-state index in [0.717, 1.165) is 24.3 Å². The molecule has 0 unspecified atom stereocenters. The van der Waals surface area contributed by atoms with E-state index in [4.69, 9.17) is 29.9 Å². The number of oxazole rings is 2. The summed E-state index contributed by atoms with van der Waals surface area (Å²) in [5.74, 6) is -4.27. The van der Waals surface area contributed by atoms with Crippen molar-refractivity contribution in [2.75, 3.05) is 11.1 Å². The molecule has 2 heterocycles. The van der Waals surface area contributed by atoms with Gasteiger partial charge in [0.1, 0.15) is 45.8 Å². The molecule has 0 bridgehead atoms. The number of aromatic nitrogens is 2. The van der Waals surface area contributed by atoms with Gasteiger partial charge in [-0.3, -0.25) is 19.2 Å². The highest BCUT2D eigenvalue weighted by Gasteiger charge is 2.18. The number of carbonyl (C=O) groups excluding carboxylic acids is 4. The van der Waals surface area contributed by atoms with Crippen LogP contribution in [0.1, 0.15) is 90.3 Å². The number of amides is 1. The van der Waals surface area contributed by atoms with Crippen LogP contribution in [-0.2, 0) is 0 Å². The molecule has 0 aliphatic rings. The van der Waals surface area contributed by atoms with Crippen molar-refractivity contribution >= 4 is 68.8 Å². The normalized spacial score (nSPS) is 10.1. The maximum atomic E-state index is 12.9. The molecule has 408 valence electrons. The summed E-state index contributed by atoms with van der Waals surface area (Å²) in [6.45, 7) is 4.23. The molecule has 0 aliphatic heterocycles. The van der Waals surface area contributed by atoms with E-state index in [1.807, 2.05) is 0 Å². The fourth-order valence-electron chi connectivity index (χ4n) is 6.99. The number of phenolic OH excluding ortho intramolecular Hbond substituents is 2. The number of carbonyl (C=O) groups is 6. The first-order chi connectivity index (χ1) is 37.6. The Morgan fingerprint density at radius 3 is 1.23 bits per heavy atom. The highest BCUT2D eigenvalue weighted by Crippen LogP contribution is 2.30. The quantitative estimate of drug-likeness (QED) is 0.0339. The molecule has 0 saturated heterocycles. The standard InChI is InChI=1S/C15H12FNO3.C15H10FNO2.C14H8FNO3.C8H9NO2.C7H5FO2.CH4/c1-9(18)12-3-2-4-13(19)14(12)17-15(20)10-5-7-11(16)8-6-10;1-9(18)12-3-2-4-13-14(12)17-15(19-13)10-5-7-11(16)8-6-10;15-9-6-4-8(5-7-9)13-16-12-10(14(17)18)2-1-3-11(12)19-13;1-5(10)6-3-2-4-7(11)8(6)9;8-6-3-1-5(2-4-6)7(9)10;/h2-8,19H,1H3,(H,17,20);2-8H,1H3;1-7H,(H,17,18);2-4,11H,9H2,1H3;1-4H,(H,9,10);1H4. The summed E-state index contributed by atoms with van der Waals surface area (Å²) in [6.07, 6.45) is 0. The predicted molar refractivity (Wildman–Crippen MR) is 291 cm³/mol. The number of carboxylic acid groups (broad SMARTS) is 2. The third-order valence-corrected chi connectivity index (χ3v) is 11.0. The highest BCUT2D eigenvalue weighted by atomic mass is 19.1. The van der Waals surface area contributed by atoms with E-state index in [2.05, 4.69) is 15.3 Å². The number of phenols is 2. The van der Waals surface area contributed by atoms with Gasteiger partial charge >= 0.3 is 11.9 Å². The van der Waals surface area contributed by atoms with Gasteiger partial charge in [-0.25, -0.2) is 37.1 Å². The van der Waals surface area contributed by atoms with Gasteiger partial charge in [0.15, 0.2) is 28.5 Å². The number of Topliss-reactive ketones (excluding diaryl/α,β-unsaturated/α-hetero) is 3. The lowest BCUT2D eigenvalue weighted by Gasteiger charge is -2.11.